The van der Waals surface area contributed by atoms with Crippen LogP contribution in [0.2, 0.25) is 0 Å². The van der Waals surface area contributed by atoms with Crippen LogP contribution in [0, 0.1) is 11.3 Å². The number of rotatable bonds is 27. The van der Waals surface area contributed by atoms with E-state index < -0.39 is 12.9 Å². The standard InChI is InChI=1S/C57H71N2O3PS4/c1-6-11-15-19-25-40-34-52(64-51(40)38-45(39-58)63(60,61)62)55-43(27-21-17-13-8-3)36-54(66-55)57-44(28-22-18-14-9-4)37-53(67-57)56-42(26-20-16-12-7-2)35-50(65-56)41-31-32-49-47(33-41)46-29-23-24-30-48(46)59(49)10-5/h23-24,29-38H,6-22,25-28H2,1-5H3,(H2,60,61,62)/b45-38-. The second-order valence-electron chi connectivity index (χ2n) is 18.3. The van der Waals surface area contributed by atoms with Crippen LogP contribution >= 0.6 is 52.9 Å². The topological polar surface area (TPSA) is 86.2 Å². The van der Waals surface area contributed by atoms with Crippen LogP contribution in [0.1, 0.15) is 164 Å². The molecule has 356 valence electrons. The van der Waals surface area contributed by atoms with Crippen LogP contribution in [-0.4, -0.2) is 14.4 Å². The van der Waals surface area contributed by atoms with Crippen LogP contribution in [0.3, 0.4) is 0 Å². The number of nitriles is 1. The predicted octanol–water partition coefficient (Wildman–Crippen LogP) is 19.3. The van der Waals surface area contributed by atoms with Gasteiger partial charge in [-0.15, -0.1) is 45.3 Å². The zero-order valence-corrected chi connectivity index (χ0v) is 44.7. The Labute approximate surface area is 416 Å². The van der Waals surface area contributed by atoms with Gasteiger partial charge in [0.1, 0.15) is 11.4 Å². The Balaban J connectivity index is 1.34. The molecule has 67 heavy (non-hydrogen) atoms. The minimum absolute atomic E-state index is 0.465. The van der Waals surface area contributed by atoms with E-state index >= 15 is 0 Å². The summed E-state index contributed by atoms with van der Waals surface area (Å²) in [5.41, 5.74) is 9.25. The number of hydrogen-bond acceptors (Lipinski definition) is 6. The third-order valence-corrected chi connectivity index (χ3v) is 19.3. The molecule has 0 atom stereocenters. The number of para-hydroxylation sites is 1. The van der Waals surface area contributed by atoms with Crippen LogP contribution in [-0.2, 0) is 36.8 Å². The highest BCUT2D eigenvalue weighted by atomic mass is 32.1. The molecule has 0 saturated heterocycles. The minimum atomic E-state index is -4.71. The lowest BCUT2D eigenvalue weighted by atomic mass is 10.0. The summed E-state index contributed by atoms with van der Waals surface area (Å²) in [5.74, 6) is 0. The maximum atomic E-state index is 12.4. The van der Waals surface area contributed by atoms with Crippen molar-refractivity contribution in [2.45, 2.75) is 170 Å². The van der Waals surface area contributed by atoms with Crippen molar-refractivity contribution in [1.29, 1.82) is 5.26 Å². The molecule has 5 aromatic heterocycles. The van der Waals surface area contributed by atoms with Crippen molar-refractivity contribution in [3.05, 3.63) is 99.2 Å². The maximum Gasteiger partial charge on any atom is 0.366 e. The normalized spacial score (nSPS) is 12.3. The molecule has 0 saturated carbocycles. The van der Waals surface area contributed by atoms with Crippen molar-refractivity contribution in [1.82, 2.24) is 4.57 Å². The first-order valence-electron chi connectivity index (χ1n) is 25.3. The molecule has 2 N–H and O–H groups in total. The van der Waals surface area contributed by atoms with Crippen molar-refractivity contribution < 1.29 is 14.4 Å². The summed E-state index contributed by atoms with van der Waals surface area (Å²) in [7, 11) is -4.71. The van der Waals surface area contributed by atoms with E-state index in [4.69, 9.17) is 0 Å². The number of hydrogen-bond donors (Lipinski definition) is 2. The third-order valence-electron chi connectivity index (χ3n) is 13.2. The smallest absolute Gasteiger partial charge is 0.341 e. The molecular weight excluding hydrogens is 920 g/mol. The summed E-state index contributed by atoms with van der Waals surface area (Å²) in [6.45, 7) is 12.2. The highest BCUT2D eigenvalue weighted by Crippen LogP contribution is 2.51. The molecule has 7 rings (SSSR count). The third kappa shape index (κ3) is 12.6. The van der Waals surface area contributed by atoms with Gasteiger partial charge in [0.25, 0.3) is 0 Å². The van der Waals surface area contributed by atoms with Crippen LogP contribution in [0.4, 0.5) is 0 Å². The number of benzene rings is 2. The van der Waals surface area contributed by atoms with Gasteiger partial charge in [0.05, 0.1) is 0 Å². The van der Waals surface area contributed by atoms with E-state index in [1.165, 1.54) is 150 Å². The monoisotopic (exact) mass is 990 g/mol. The highest BCUT2D eigenvalue weighted by molar-refractivity contribution is 7.57. The van der Waals surface area contributed by atoms with Crippen molar-refractivity contribution in [2.75, 3.05) is 0 Å². The van der Waals surface area contributed by atoms with E-state index in [1.807, 2.05) is 40.1 Å². The summed E-state index contributed by atoms with van der Waals surface area (Å²) in [6.07, 6.45) is 24.4. The van der Waals surface area contributed by atoms with Crippen LogP contribution in [0.15, 0.2) is 72.0 Å². The largest absolute Gasteiger partial charge is 0.366 e. The van der Waals surface area contributed by atoms with Gasteiger partial charge in [-0.3, -0.25) is 4.57 Å². The maximum absolute atomic E-state index is 12.4. The minimum Gasteiger partial charge on any atom is -0.341 e. The lowest BCUT2D eigenvalue weighted by Crippen LogP contribution is -1.92. The second-order valence-corrected chi connectivity index (χ2v) is 24.1. The Kier molecular flexibility index (Phi) is 19.0. The predicted molar refractivity (Wildman–Crippen MR) is 295 cm³/mol. The summed E-state index contributed by atoms with van der Waals surface area (Å²) in [6, 6.07) is 27.6. The quantitative estimate of drug-likeness (QED) is 0.0305. The van der Waals surface area contributed by atoms with E-state index in [0.717, 1.165) is 79.6 Å². The Morgan fingerprint density at radius 1 is 0.552 bits per heavy atom. The molecule has 0 aliphatic heterocycles. The van der Waals surface area contributed by atoms with Crippen LogP contribution in [0.5, 0.6) is 0 Å². The molecule has 0 aliphatic carbocycles. The van der Waals surface area contributed by atoms with Crippen molar-refractivity contribution in [3.8, 4) is 45.8 Å². The number of aromatic nitrogens is 1. The Morgan fingerprint density at radius 3 is 1.49 bits per heavy atom. The fraction of sp³-hybridized carbons (Fsp3) is 0.456. The molecular formula is C57H71N2O3PS4. The van der Waals surface area contributed by atoms with Crippen LogP contribution in [0.25, 0.3) is 67.6 Å². The Morgan fingerprint density at radius 2 is 1.00 bits per heavy atom. The molecule has 0 fully saturated rings. The Hall–Kier alpha value is -3.58. The van der Waals surface area contributed by atoms with Crippen molar-refractivity contribution in [3.63, 3.8) is 0 Å². The molecule has 0 spiro atoms. The number of nitrogens with zero attached hydrogens (tertiary/aromatic N) is 2. The number of aryl methyl sites for hydroxylation is 5. The average Bonchev–Trinajstić information content (AvgIpc) is 4.17. The van der Waals surface area contributed by atoms with Crippen LogP contribution < -0.4 is 0 Å². The molecule has 0 aliphatic rings. The molecule has 5 heterocycles. The molecule has 0 radical (unpaired) electrons. The molecule has 0 amide bonds. The van der Waals surface area contributed by atoms with E-state index in [0.29, 0.717) is 0 Å². The van der Waals surface area contributed by atoms with Gasteiger partial charge >= 0.3 is 7.60 Å². The Bertz CT molecular complexity index is 2840. The highest BCUT2D eigenvalue weighted by Gasteiger charge is 2.25. The molecule has 0 unspecified atom stereocenters. The second kappa shape index (κ2) is 24.8. The van der Waals surface area contributed by atoms with E-state index in [1.54, 1.807) is 11.3 Å². The van der Waals surface area contributed by atoms with Gasteiger partial charge in [0.2, 0.25) is 0 Å². The van der Waals surface area contributed by atoms with Gasteiger partial charge < -0.3 is 14.4 Å². The molecule has 2 aromatic carbocycles. The van der Waals surface area contributed by atoms with Crippen molar-refractivity contribution >= 4 is 80.8 Å². The number of allylic oxidation sites excluding steroid dienone is 1. The number of fused-ring (bicyclic) bond motifs is 3. The van der Waals surface area contributed by atoms with E-state index in [9.17, 15) is 19.6 Å². The number of unbranched alkanes of at least 4 members (excludes halogenated alkanes) is 12. The number of thiophene rings is 4. The van der Waals surface area contributed by atoms with Gasteiger partial charge in [0, 0.05) is 67.4 Å². The summed E-state index contributed by atoms with van der Waals surface area (Å²) >= 11 is 7.44. The first-order chi connectivity index (χ1) is 32.6. The van der Waals surface area contributed by atoms with Gasteiger partial charge in [-0.05, 0) is 135 Å². The molecule has 10 heteroatoms. The SMILES string of the molecule is CCCCCCc1cc(-c2sc(-c3sc(-c4sc(-c5ccc6c(c5)c5ccccc5n6CC)cc4CCCCCC)cc3CCCCCC)cc2CCCCCC)sc1/C=C(/C#N)P(=O)(O)O. The van der Waals surface area contributed by atoms with Gasteiger partial charge in [-0.25, -0.2) is 0 Å². The summed E-state index contributed by atoms with van der Waals surface area (Å²) in [4.78, 5) is 30.2. The van der Waals surface area contributed by atoms with Gasteiger partial charge in [-0.2, -0.15) is 5.26 Å². The van der Waals surface area contributed by atoms with E-state index in [2.05, 4.69) is 106 Å². The fourth-order valence-corrected chi connectivity index (χ4v) is 15.2. The zero-order valence-electron chi connectivity index (χ0n) is 40.6. The molecule has 7 aromatic rings. The molecule has 5 nitrogen and oxygen atoms in total. The van der Waals surface area contributed by atoms with Gasteiger partial charge in [-0.1, -0.05) is 129 Å². The summed E-state index contributed by atoms with van der Waals surface area (Å²) in [5, 5.41) is 12.0. The zero-order chi connectivity index (χ0) is 47.3. The van der Waals surface area contributed by atoms with Gasteiger partial charge in [0.15, 0.2) is 0 Å². The first kappa shape index (κ1) is 51.3. The fourth-order valence-electron chi connectivity index (χ4n) is 9.53. The van der Waals surface area contributed by atoms with Crippen molar-refractivity contribution in [2.24, 2.45) is 0 Å². The first-order valence-corrected chi connectivity index (χ1v) is 30.2. The summed E-state index contributed by atoms with van der Waals surface area (Å²) < 4.78 is 14.8. The van der Waals surface area contributed by atoms with E-state index in [-0.39, 0.29) is 0 Å². The average molecular weight is 991 g/mol. The molecule has 0 bridgehead atoms. The lowest BCUT2D eigenvalue weighted by molar-refractivity contribution is 0.384. The lowest BCUT2D eigenvalue weighted by Gasteiger charge is -2.03.